The van der Waals surface area contributed by atoms with E-state index in [1.165, 1.54) is 4.57 Å². The van der Waals surface area contributed by atoms with Crippen LogP contribution in [0.2, 0.25) is 0 Å². The summed E-state index contributed by atoms with van der Waals surface area (Å²) in [7, 11) is 3.16. The zero-order valence-electron chi connectivity index (χ0n) is 20.8. The van der Waals surface area contributed by atoms with Crippen molar-refractivity contribution in [2.75, 3.05) is 49.7 Å². The standard InChI is InChI=1S/C26H30N6O5/c1-29-23-22(24(34)28-26(29)35)32(16-19(33)17-37-21-10-8-20(36-2)9-11-21)25(27-23)31-14-12-30(13-15-31)18-6-4-3-5-7-18/h3-11,19,33H,12-17H2,1-2H3,(H,28,34,35)/t19-/m1/s1. The van der Waals surface area contributed by atoms with Crippen molar-refractivity contribution < 1.29 is 14.6 Å². The molecule has 0 saturated carbocycles. The molecule has 3 heterocycles. The van der Waals surface area contributed by atoms with Crippen molar-refractivity contribution in [1.29, 1.82) is 0 Å². The van der Waals surface area contributed by atoms with E-state index in [-0.39, 0.29) is 24.3 Å². The number of nitrogens with zero attached hydrogens (tertiary/aromatic N) is 5. The van der Waals surface area contributed by atoms with Gasteiger partial charge in [-0.2, -0.15) is 4.98 Å². The predicted octanol–water partition coefficient (Wildman–Crippen LogP) is 1.20. The minimum atomic E-state index is -0.930. The molecule has 0 radical (unpaired) electrons. The fourth-order valence-corrected chi connectivity index (χ4v) is 4.57. The van der Waals surface area contributed by atoms with E-state index in [4.69, 9.17) is 14.5 Å². The number of anilines is 2. The molecule has 2 aromatic heterocycles. The molecule has 1 saturated heterocycles. The maximum Gasteiger partial charge on any atom is 0.329 e. The molecule has 0 amide bonds. The lowest BCUT2D eigenvalue weighted by atomic mass is 10.2. The first kappa shape index (κ1) is 24.4. The molecule has 11 heteroatoms. The molecule has 1 aliphatic rings. The summed E-state index contributed by atoms with van der Waals surface area (Å²) in [6.45, 7) is 2.96. The highest BCUT2D eigenvalue weighted by Crippen LogP contribution is 2.24. The number of imidazole rings is 1. The Kier molecular flexibility index (Phi) is 6.87. The lowest BCUT2D eigenvalue weighted by molar-refractivity contribution is 0.0936. The van der Waals surface area contributed by atoms with Gasteiger partial charge in [-0.15, -0.1) is 0 Å². The number of nitrogens with one attached hydrogen (secondary N) is 1. The molecular weight excluding hydrogens is 476 g/mol. The molecule has 4 aromatic rings. The molecule has 5 rings (SSSR count). The average Bonchev–Trinajstić information content (AvgIpc) is 3.31. The second-order valence-electron chi connectivity index (χ2n) is 8.96. The minimum absolute atomic E-state index is 0.0108. The molecule has 194 valence electrons. The molecule has 1 aliphatic heterocycles. The number of aromatic amines is 1. The Labute approximate surface area is 213 Å². The van der Waals surface area contributed by atoms with E-state index in [0.29, 0.717) is 30.5 Å². The Bertz CT molecular complexity index is 1470. The molecule has 0 spiro atoms. The van der Waals surface area contributed by atoms with E-state index in [1.54, 1.807) is 43.0 Å². The van der Waals surface area contributed by atoms with Gasteiger partial charge in [-0.1, -0.05) is 18.2 Å². The molecule has 0 aliphatic carbocycles. The van der Waals surface area contributed by atoms with Gasteiger partial charge in [0.25, 0.3) is 5.56 Å². The fraction of sp³-hybridized carbons (Fsp3) is 0.346. The molecular formula is C26H30N6O5. The number of aromatic nitrogens is 4. The number of hydrogen-bond donors (Lipinski definition) is 2. The van der Waals surface area contributed by atoms with Crippen LogP contribution < -0.4 is 30.5 Å². The summed E-state index contributed by atoms with van der Waals surface area (Å²) in [5, 5.41) is 10.9. The highest BCUT2D eigenvalue weighted by Gasteiger charge is 2.26. The number of H-pyrrole nitrogens is 1. The predicted molar refractivity (Wildman–Crippen MR) is 141 cm³/mol. The normalized spacial score (nSPS) is 14.7. The average molecular weight is 507 g/mol. The second-order valence-corrected chi connectivity index (χ2v) is 8.96. The Balaban J connectivity index is 1.39. The van der Waals surface area contributed by atoms with Gasteiger partial charge in [-0.25, -0.2) is 4.79 Å². The van der Waals surface area contributed by atoms with Crippen LogP contribution in [0.3, 0.4) is 0 Å². The summed E-state index contributed by atoms with van der Waals surface area (Å²) in [5.74, 6) is 1.84. The first-order valence-corrected chi connectivity index (χ1v) is 12.1. The summed E-state index contributed by atoms with van der Waals surface area (Å²) < 4.78 is 13.9. The van der Waals surface area contributed by atoms with E-state index in [1.807, 2.05) is 18.2 Å². The van der Waals surface area contributed by atoms with Gasteiger partial charge in [0.15, 0.2) is 11.2 Å². The number of aryl methyl sites for hydroxylation is 1. The van der Waals surface area contributed by atoms with E-state index in [9.17, 15) is 14.7 Å². The van der Waals surface area contributed by atoms with Crippen LogP contribution in [0, 0.1) is 0 Å². The van der Waals surface area contributed by atoms with Crippen LogP contribution in [0.25, 0.3) is 11.2 Å². The fourth-order valence-electron chi connectivity index (χ4n) is 4.57. The van der Waals surface area contributed by atoms with Crippen LogP contribution in [-0.2, 0) is 13.6 Å². The third-order valence-corrected chi connectivity index (χ3v) is 6.57. The summed E-state index contributed by atoms with van der Waals surface area (Å²) in [6, 6.07) is 17.3. The first-order valence-electron chi connectivity index (χ1n) is 12.1. The Morgan fingerprint density at radius 2 is 1.62 bits per heavy atom. The number of piperazine rings is 1. The van der Waals surface area contributed by atoms with Crippen molar-refractivity contribution in [2.24, 2.45) is 7.05 Å². The van der Waals surface area contributed by atoms with Gasteiger partial charge in [-0.05, 0) is 36.4 Å². The monoisotopic (exact) mass is 506 g/mol. The first-order chi connectivity index (χ1) is 17.9. The number of methoxy groups -OCH3 is 1. The number of rotatable bonds is 8. The number of benzene rings is 2. The summed E-state index contributed by atoms with van der Waals surface area (Å²) in [5.41, 5.74) is 0.596. The SMILES string of the molecule is COc1ccc(OC[C@H](O)Cn2c(N3CCN(c4ccccc4)CC3)nc3c2c(=O)[nH]c(=O)n3C)cc1. The van der Waals surface area contributed by atoms with E-state index >= 15 is 0 Å². The summed E-state index contributed by atoms with van der Waals surface area (Å²) in [6.07, 6.45) is -0.930. The number of ether oxygens (including phenoxy) is 2. The number of aliphatic hydroxyl groups is 1. The number of hydrogen-bond acceptors (Lipinski definition) is 8. The molecule has 0 unspecified atom stereocenters. The van der Waals surface area contributed by atoms with Crippen LogP contribution in [0.15, 0.2) is 64.2 Å². The van der Waals surface area contributed by atoms with Crippen molar-refractivity contribution in [3.63, 3.8) is 0 Å². The van der Waals surface area contributed by atoms with E-state index < -0.39 is 17.4 Å². The second kappa shape index (κ2) is 10.4. The number of aliphatic hydroxyl groups excluding tert-OH is 1. The van der Waals surface area contributed by atoms with Gasteiger partial charge in [0.2, 0.25) is 5.95 Å². The molecule has 1 atom stereocenters. The highest BCUT2D eigenvalue weighted by molar-refractivity contribution is 5.74. The van der Waals surface area contributed by atoms with Crippen LogP contribution in [0.5, 0.6) is 11.5 Å². The molecule has 37 heavy (non-hydrogen) atoms. The molecule has 11 nitrogen and oxygen atoms in total. The van der Waals surface area contributed by atoms with Crippen molar-refractivity contribution >= 4 is 22.8 Å². The third-order valence-electron chi connectivity index (χ3n) is 6.57. The van der Waals surface area contributed by atoms with Crippen LogP contribution in [0.1, 0.15) is 0 Å². The van der Waals surface area contributed by atoms with Crippen molar-refractivity contribution in [3.05, 3.63) is 75.4 Å². The van der Waals surface area contributed by atoms with E-state index in [0.717, 1.165) is 18.8 Å². The maximum absolute atomic E-state index is 12.8. The zero-order valence-corrected chi connectivity index (χ0v) is 20.8. The molecule has 1 fully saturated rings. The van der Waals surface area contributed by atoms with E-state index in [2.05, 4.69) is 26.9 Å². The smallest absolute Gasteiger partial charge is 0.329 e. The maximum atomic E-state index is 12.8. The largest absolute Gasteiger partial charge is 0.497 e. The molecule has 2 aromatic carbocycles. The van der Waals surface area contributed by atoms with Crippen LogP contribution >= 0.6 is 0 Å². The molecule has 2 N–H and O–H groups in total. The summed E-state index contributed by atoms with van der Waals surface area (Å²) >= 11 is 0. The van der Waals surface area contributed by atoms with Gasteiger partial charge in [0.1, 0.15) is 24.2 Å². The lowest BCUT2D eigenvalue weighted by Crippen LogP contribution is -2.47. The van der Waals surface area contributed by atoms with Gasteiger partial charge in [-0.3, -0.25) is 14.3 Å². The van der Waals surface area contributed by atoms with Crippen molar-refractivity contribution in [1.82, 2.24) is 19.1 Å². The van der Waals surface area contributed by atoms with Gasteiger partial charge < -0.3 is 28.9 Å². The summed E-state index contributed by atoms with van der Waals surface area (Å²) in [4.78, 5) is 36.5. The minimum Gasteiger partial charge on any atom is -0.497 e. The number of fused-ring (bicyclic) bond motifs is 1. The van der Waals surface area contributed by atoms with Gasteiger partial charge in [0, 0.05) is 38.9 Å². The van der Waals surface area contributed by atoms with Gasteiger partial charge in [0.05, 0.1) is 13.7 Å². The quantitative estimate of drug-likeness (QED) is 0.366. The Morgan fingerprint density at radius 3 is 2.30 bits per heavy atom. The van der Waals surface area contributed by atoms with Gasteiger partial charge >= 0.3 is 5.69 Å². The highest BCUT2D eigenvalue weighted by atomic mass is 16.5. The van der Waals surface area contributed by atoms with Crippen LogP contribution in [0.4, 0.5) is 11.6 Å². The Hall–Kier alpha value is -4.25. The number of para-hydroxylation sites is 1. The zero-order chi connectivity index (χ0) is 25.9. The topological polar surface area (TPSA) is 118 Å². The lowest BCUT2D eigenvalue weighted by Gasteiger charge is -2.36. The third kappa shape index (κ3) is 5.03. The molecule has 0 bridgehead atoms. The Morgan fingerprint density at radius 1 is 0.973 bits per heavy atom. The van der Waals surface area contributed by atoms with Crippen LogP contribution in [-0.4, -0.2) is 70.2 Å². The van der Waals surface area contributed by atoms with Crippen molar-refractivity contribution in [3.8, 4) is 11.5 Å². The van der Waals surface area contributed by atoms with Crippen molar-refractivity contribution in [2.45, 2.75) is 12.6 Å².